The van der Waals surface area contributed by atoms with E-state index in [9.17, 15) is 9.18 Å². The second-order valence-corrected chi connectivity index (χ2v) is 7.71. The van der Waals surface area contributed by atoms with E-state index < -0.39 is 11.7 Å². The van der Waals surface area contributed by atoms with Crippen LogP contribution in [0.25, 0.3) is 11.4 Å². The fourth-order valence-electron chi connectivity index (χ4n) is 3.73. The average Bonchev–Trinajstić information content (AvgIpc) is 2.84. The van der Waals surface area contributed by atoms with Crippen LogP contribution >= 0.6 is 0 Å². The van der Waals surface area contributed by atoms with Crippen molar-refractivity contribution in [1.29, 1.82) is 0 Å². The first-order chi connectivity index (χ1) is 16.0. The highest BCUT2D eigenvalue weighted by Gasteiger charge is 2.19. The number of benzene rings is 2. The summed E-state index contributed by atoms with van der Waals surface area (Å²) in [5, 5.41) is 2.83. The van der Waals surface area contributed by atoms with Gasteiger partial charge < -0.3 is 24.6 Å². The normalized spacial score (nSPS) is 14.1. The number of aromatic nitrogens is 2. The molecule has 1 saturated heterocycles. The molecule has 4 rings (SSSR count). The first kappa shape index (κ1) is 22.5. The third-order valence-electron chi connectivity index (χ3n) is 5.61. The van der Waals surface area contributed by atoms with Crippen LogP contribution in [0.1, 0.15) is 10.5 Å². The van der Waals surface area contributed by atoms with Crippen molar-refractivity contribution in [2.45, 2.75) is 0 Å². The lowest BCUT2D eigenvalue weighted by Crippen LogP contribution is -2.44. The van der Waals surface area contributed by atoms with Crippen LogP contribution in [0.5, 0.6) is 11.5 Å². The lowest BCUT2D eigenvalue weighted by molar-refractivity contribution is 0.102. The minimum Gasteiger partial charge on any atom is -0.496 e. The number of anilines is 2. The molecular formula is C24H26FN5O3. The van der Waals surface area contributed by atoms with Crippen molar-refractivity contribution in [2.75, 3.05) is 57.7 Å². The SMILES string of the molecule is COc1cc(N2CCN(C)CC2)ccc1NC(=O)c1ccnc(-c2c(F)cccc2OC)n1. The molecule has 0 radical (unpaired) electrons. The predicted molar refractivity (Wildman–Crippen MR) is 125 cm³/mol. The maximum Gasteiger partial charge on any atom is 0.274 e. The molecule has 2 aromatic carbocycles. The van der Waals surface area contributed by atoms with Crippen LogP contribution in [0.2, 0.25) is 0 Å². The van der Waals surface area contributed by atoms with Crippen LogP contribution in [0.4, 0.5) is 15.8 Å². The summed E-state index contributed by atoms with van der Waals surface area (Å²) in [5.41, 5.74) is 1.75. The monoisotopic (exact) mass is 451 g/mol. The Labute approximate surface area is 192 Å². The van der Waals surface area contributed by atoms with Gasteiger partial charge >= 0.3 is 0 Å². The Morgan fingerprint density at radius 3 is 2.52 bits per heavy atom. The number of carbonyl (C=O) groups is 1. The third kappa shape index (κ3) is 4.88. The highest BCUT2D eigenvalue weighted by Crippen LogP contribution is 2.32. The summed E-state index contributed by atoms with van der Waals surface area (Å²) in [6.07, 6.45) is 1.41. The van der Waals surface area contributed by atoms with Crippen molar-refractivity contribution in [2.24, 2.45) is 0 Å². The Kier molecular flexibility index (Phi) is 6.69. The summed E-state index contributed by atoms with van der Waals surface area (Å²) >= 11 is 0. The lowest BCUT2D eigenvalue weighted by atomic mass is 10.1. The van der Waals surface area contributed by atoms with Crippen LogP contribution in [0.15, 0.2) is 48.7 Å². The number of ether oxygens (including phenoxy) is 2. The molecular weight excluding hydrogens is 425 g/mol. The van der Waals surface area contributed by atoms with Crippen molar-refractivity contribution >= 4 is 17.3 Å². The fourth-order valence-corrected chi connectivity index (χ4v) is 3.73. The van der Waals surface area contributed by atoms with E-state index in [0.717, 1.165) is 31.9 Å². The number of methoxy groups -OCH3 is 2. The molecule has 0 aliphatic carbocycles. The second-order valence-electron chi connectivity index (χ2n) is 7.71. The molecule has 172 valence electrons. The van der Waals surface area contributed by atoms with Crippen LogP contribution in [-0.2, 0) is 0 Å². The van der Waals surface area contributed by atoms with E-state index in [1.165, 1.54) is 31.5 Å². The van der Waals surface area contributed by atoms with Gasteiger partial charge in [-0.25, -0.2) is 14.4 Å². The molecule has 3 aromatic rings. The molecule has 1 amide bonds. The van der Waals surface area contributed by atoms with Gasteiger partial charge in [-0.3, -0.25) is 4.79 Å². The van der Waals surface area contributed by atoms with Crippen molar-refractivity contribution in [3.63, 3.8) is 0 Å². The summed E-state index contributed by atoms with van der Waals surface area (Å²) in [6, 6.07) is 11.6. The molecule has 1 aliphatic rings. The van der Waals surface area contributed by atoms with Crippen LogP contribution in [-0.4, -0.2) is 68.2 Å². The van der Waals surface area contributed by atoms with Gasteiger partial charge in [0.25, 0.3) is 5.91 Å². The molecule has 2 heterocycles. The molecule has 8 nitrogen and oxygen atoms in total. The number of likely N-dealkylation sites (N-methyl/N-ethyl adjacent to an activating group) is 1. The predicted octanol–water partition coefficient (Wildman–Crippen LogP) is 3.30. The smallest absolute Gasteiger partial charge is 0.274 e. The van der Waals surface area contributed by atoms with E-state index in [4.69, 9.17) is 9.47 Å². The van der Waals surface area contributed by atoms with Crippen LogP contribution in [0.3, 0.4) is 0 Å². The molecule has 0 atom stereocenters. The quantitative estimate of drug-likeness (QED) is 0.616. The largest absolute Gasteiger partial charge is 0.496 e. The Morgan fingerprint density at radius 1 is 1.03 bits per heavy atom. The maximum atomic E-state index is 14.4. The Morgan fingerprint density at radius 2 is 1.79 bits per heavy atom. The van der Waals surface area contributed by atoms with Crippen LogP contribution < -0.4 is 19.7 Å². The molecule has 1 aliphatic heterocycles. The molecule has 33 heavy (non-hydrogen) atoms. The van der Waals surface area contributed by atoms with Gasteiger partial charge in [-0.2, -0.15) is 0 Å². The number of nitrogens with zero attached hydrogens (tertiary/aromatic N) is 4. The Hall–Kier alpha value is -3.72. The Balaban J connectivity index is 1.56. The number of rotatable bonds is 6. The minimum absolute atomic E-state index is 0.0648. The molecule has 0 unspecified atom stereocenters. The molecule has 9 heteroatoms. The summed E-state index contributed by atoms with van der Waals surface area (Å²) in [5.74, 6) is -0.0961. The number of amides is 1. The maximum absolute atomic E-state index is 14.4. The lowest BCUT2D eigenvalue weighted by Gasteiger charge is -2.34. The Bertz CT molecular complexity index is 1150. The van der Waals surface area contributed by atoms with E-state index in [1.807, 2.05) is 18.2 Å². The number of carbonyl (C=O) groups excluding carboxylic acids is 1. The number of piperazine rings is 1. The van der Waals surface area contributed by atoms with Gasteiger partial charge in [0.2, 0.25) is 0 Å². The van der Waals surface area contributed by atoms with Crippen molar-refractivity contribution in [1.82, 2.24) is 14.9 Å². The van der Waals surface area contributed by atoms with E-state index >= 15 is 0 Å². The first-order valence-electron chi connectivity index (χ1n) is 10.6. The average molecular weight is 452 g/mol. The van der Waals surface area contributed by atoms with Gasteiger partial charge in [-0.05, 0) is 37.4 Å². The molecule has 1 fully saturated rings. The molecule has 0 saturated carbocycles. The van der Waals surface area contributed by atoms with Gasteiger partial charge in [0.15, 0.2) is 5.82 Å². The number of nitrogens with one attached hydrogen (secondary N) is 1. The highest BCUT2D eigenvalue weighted by atomic mass is 19.1. The fraction of sp³-hybridized carbons (Fsp3) is 0.292. The zero-order valence-corrected chi connectivity index (χ0v) is 18.8. The minimum atomic E-state index is -0.534. The first-order valence-corrected chi connectivity index (χ1v) is 10.6. The second kappa shape index (κ2) is 9.83. The van der Waals surface area contributed by atoms with Crippen molar-refractivity contribution in [3.8, 4) is 22.9 Å². The van der Waals surface area contributed by atoms with E-state index in [-0.39, 0.29) is 22.8 Å². The summed E-state index contributed by atoms with van der Waals surface area (Å²) < 4.78 is 25.2. The van der Waals surface area contributed by atoms with Crippen molar-refractivity contribution < 1.29 is 18.7 Å². The van der Waals surface area contributed by atoms with Gasteiger partial charge in [0, 0.05) is 44.1 Å². The zero-order chi connectivity index (χ0) is 23.4. The number of hydrogen-bond acceptors (Lipinski definition) is 7. The molecule has 1 aromatic heterocycles. The van der Waals surface area contributed by atoms with E-state index in [0.29, 0.717) is 11.4 Å². The van der Waals surface area contributed by atoms with Crippen LogP contribution in [0, 0.1) is 5.82 Å². The van der Waals surface area contributed by atoms with E-state index in [1.54, 1.807) is 13.2 Å². The summed E-state index contributed by atoms with van der Waals surface area (Å²) in [7, 11) is 5.11. The highest BCUT2D eigenvalue weighted by molar-refractivity contribution is 6.04. The molecule has 1 N–H and O–H groups in total. The molecule has 0 spiro atoms. The van der Waals surface area contributed by atoms with Gasteiger partial charge in [-0.1, -0.05) is 6.07 Å². The van der Waals surface area contributed by atoms with Gasteiger partial charge in [-0.15, -0.1) is 0 Å². The van der Waals surface area contributed by atoms with Gasteiger partial charge in [0.1, 0.15) is 23.0 Å². The number of halogens is 1. The zero-order valence-electron chi connectivity index (χ0n) is 18.8. The number of hydrogen-bond donors (Lipinski definition) is 1. The standard InChI is InChI=1S/C24H26FN5O3/c1-29-11-13-30(14-12-29)16-7-8-18(21(15-16)33-3)28-24(31)19-9-10-26-23(27-19)22-17(25)5-4-6-20(22)32-2/h4-10,15H,11-14H2,1-3H3,(H,28,31). The topological polar surface area (TPSA) is 79.8 Å². The third-order valence-corrected chi connectivity index (χ3v) is 5.61. The molecule has 0 bridgehead atoms. The summed E-state index contributed by atoms with van der Waals surface area (Å²) in [6.45, 7) is 3.83. The van der Waals surface area contributed by atoms with Gasteiger partial charge in [0.05, 0.1) is 25.5 Å². The van der Waals surface area contributed by atoms with E-state index in [2.05, 4.69) is 32.1 Å². The summed E-state index contributed by atoms with van der Waals surface area (Å²) in [4.78, 5) is 25.9. The van der Waals surface area contributed by atoms with Crippen molar-refractivity contribution in [3.05, 3.63) is 60.2 Å².